The molecule has 1 aromatic heterocycles. The van der Waals surface area contributed by atoms with Crippen LogP contribution in [0.15, 0.2) is 54.7 Å². The number of ether oxygens (including phenoxy) is 3. The molecule has 0 unspecified atom stereocenters. The predicted octanol–water partition coefficient (Wildman–Crippen LogP) is 3.52. The van der Waals surface area contributed by atoms with Gasteiger partial charge in [-0.05, 0) is 36.4 Å². The number of nitrogens with two attached hydrogens (primary N) is 1. The highest BCUT2D eigenvalue weighted by Crippen LogP contribution is 2.33. The fourth-order valence-electron chi connectivity index (χ4n) is 2.62. The molecular formula is C20H17N3O4. The Morgan fingerprint density at radius 3 is 2.37 bits per heavy atom. The number of hydrogen-bond acceptors (Lipinski definition) is 6. The topological polar surface area (TPSA) is 99.5 Å². The van der Waals surface area contributed by atoms with Crippen LogP contribution < -0.4 is 15.2 Å². The van der Waals surface area contributed by atoms with Gasteiger partial charge in [-0.15, -0.1) is 0 Å². The fourth-order valence-corrected chi connectivity index (χ4v) is 2.62. The number of anilines is 1. The van der Waals surface area contributed by atoms with Crippen molar-refractivity contribution in [1.29, 1.82) is 5.26 Å². The lowest BCUT2D eigenvalue weighted by Crippen LogP contribution is -2.11. The molecule has 0 atom stereocenters. The van der Waals surface area contributed by atoms with Crippen LogP contribution >= 0.6 is 0 Å². The first-order chi connectivity index (χ1) is 13.1. The Balaban J connectivity index is 2.08. The molecule has 0 aliphatic rings. The monoisotopic (exact) mass is 363 g/mol. The third-order valence-electron chi connectivity index (χ3n) is 3.96. The van der Waals surface area contributed by atoms with Crippen LogP contribution in [0.3, 0.4) is 0 Å². The maximum absolute atomic E-state index is 12.2. The van der Waals surface area contributed by atoms with Gasteiger partial charge < -0.3 is 24.5 Å². The first-order valence-electron chi connectivity index (χ1n) is 7.99. The SMILES string of the molecule is COC(=O)c1c(N)c(C#N)cn1-c1ccccc1Oc1ccc(OC)cc1. The first-order valence-corrected chi connectivity index (χ1v) is 7.99. The first kappa shape index (κ1) is 17.9. The molecule has 0 saturated carbocycles. The van der Waals surface area contributed by atoms with Gasteiger partial charge in [0.15, 0.2) is 11.4 Å². The van der Waals surface area contributed by atoms with Gasteiger partial charge in [0.05, 0.1) is 31.2 Å². The standard InChI is InChI=1S/C20H17N3O4/c1-25-14-7-9-15(10-8-14)27-17-6-4-3-5-16(17)23-12-13(11-21)18(22)19(23)20(24)26-2/h3-10,12H,22H2,1-2H3. The van der Waals surface area contributed by atoms with Gasteiger partial charge in [0.1, 0.15) is 17.6 Å². The van der Waals surface area contributed by atoms with Crippen LogP contribution in [-0.4, -0.2) is 24.8 Å². The van der Waals surface area contributed by atoms with E-state index in [9.17, 15) is 10.1 Å². The maximum Gasteiger partial charge on any atom is 0.357 e. The Labute approximate surface area is 156 Å². The van der Waals surface area contributed by atoms with Crippen molar-refractivity contribution >= 4 is 11.7 Å². The Morgan fingerprint density at radius 1 is 1.07 bits per heavy atom. The van der Waals surface area contributed by atoms with Crippen LogP contribution in [-0.2, 0) is 4.74 Å². The molecule has 0 aliphatic heterocycles. The van der Waals surface area contributed by atoms with Gasteiger partial charge in [0, 0.05) is 6.20 Å². The third-order valence-corrected chi connectivity index (χ3v) is 3.96. The van der Waals surface area contributed by atoms with Gasteiger partial charge in [-0.3, -0.25) is 0 Å². The van der Waals surface area contributed by atoms with E-state index in [4.69, 9.17) is 19.9 Å². The van der Waals surface area contributed by atoms with Crippen LogP contribution in [0.1, 0.15) is 16.1 Å². The zero-order valence-electron chi connectivity index (χ0n) is 14.8. The van der Waals surface area contributed by atoms with E-state index in [-0.39, 0.29) is 16.9 Å². The number of benzene rings is 2. The van der Waals surface area contributed by atoms with E-state index in [1.807, 2.05) is 6.07 Å². The van der Waals surface area contributed by atoms with Crippen molar-refractivity contribution in [2.24, 2.45) is 0 Å². The van der Waals surface area contributed by atoms with Crippen LogP contribution in [0.25, 0.3) is 5.69 Å². The number of para-hydroxylation sites is 2. The molecular weight excluding hydrogens is 346 g/mol. The molecule has 0 aliphatic carbocycles. The molecule has 0 saturated heterocycles. The Bertz CT molecular complexity index is 1020. The normalized spacial score (nSPS) is 10.1. The van der Waals surface area contributed by atoms with Crippen molar-refractivity contribution in [2.45, 2.75) is 0 Å². The second-order valence-electron chi connectivity index (χ2n) is 5.52. The minimum Gasteiger partial charge on any atom is -0.497 e. The Morgan fingerprint density at radius 2 is 1.74 bits per heavy atom. The number of nitriles is 1. The average Bonchev–Trinajstić information content (AvgIpc) is 3.04. The molecule has 7 nitrogen and oxygen atoms in total. The minimum absolute atomic E-state index is 0.0589. The highest BCUT2D eigenvalue weighted by atomic mass is 16.5. The number of methoxy groups -OCH3 is 2. The summed E-state index contributed by atoms with van der Waals surface area (Å²) in [6, 6.07) is 16.2. The van der Waals surface area contributed by atoms with E-state index in [1.54, 1.807) is 55.6 Å². The number of aromatic nitrogens is 1. The second-order valence-corrected chi connectivity index (χ2v) is 5.52. The van der Waals surface area contributed by atoms with Gasteiger partial charge in [-0.25, -0.2) is 4.79 Å². The van der Waals surface area contributed by atoms with Gasteiger partial charge >= 0.3 is 5.97 Å². The van der Waals surface area contributed by atoms with Crippen molar-refractivity contribution in [3.63, 3.8) is 0 Å². The number of nitrogen functional groups attached to an aromatic ring is 1. The maximum atomic E-state index is 12.2. The summed E-state index contributed by atoms with van der Waals surface area (Å²) < 4.78 is 17.4. The Hall–Kier alpha value is -3.92. The lowest BCUT2D eigenvalue weighted by atomic mass is 10.2. The molecule has 0 spiro atoms. The van der Waals surface area contributed by atoms with Crippen molar-refractivity contribution in [3.05, 3.63) is 66.0 Å². The second kappa shape index (κ2) is 7.54. The van der Waals surface area contributed by atoms with E-state index in [1.165, 1.54) is 17.9 Å². The number of hydrogen-bond donors (Lipinski definition) is 1. The molecule has 0 amide bonds. The zero-order valence-corrected chi connectivity index (χ0v) is 14.8. The van der Waals surface area contributed by atoms with E-state index in [0.29, 0.717) is 22.9 Å². The predicted molar refractivity (Wildman–Crippen MR) is 99.3 cm³/mol. The molecule has 0 bridgehead atoms. The molecule has 136 valence electrons. The van der Waals surface area contributed by atoms with Crippen molar-refractivity contribution in [3.8, 4) is 29.0 Å². The molecule has 1 heterocycles. The molecule has 3 rings (SSSR count). The van der Waals surface area contributed by atoms with Crippen molar-refractivity contribution < 1.29 is 19.0 Å². The summed E-state index contributed by atoms with van der Waals surface area (Å²) in [5.41, 5.74) is 6.81. The zero-order chi connectivity index (χ0) is 19.4. The lowest BCUT2D eigenvalue weighted by Gasteiger charge is -2.14. The van der Waals surface area contributed by atoms with Gasteiger partial charge in [0.2, 0.25) is 0 Å². The number of esters is 1. The number of carbonyl (C=O) groups is 1. The molecule has 0 fully saturated rings. The van der Waals surface area contributed by atoms with Crippen LogP contribution in [0.4, 0.5) is 5.69 Å². The number of nitrogens with zero attached hydrogens (tertiary/aromatic N) is 2. The fraction of sp³-hybridized carbons (Fsp3) is 0.100. The number of rotatable bonds is 5. The van der Waals surface area contributed by atoms with E-state index in [2.05, 4.69) is 0 Å². The summed E-state index contributed by atoms with van der Waals surface area (Å²) in [6.45, 7) is 0. The lowest BCUT2D eigenvalue weighted by molar-refractivity contribution is 0.0593. The molecule has 27 heavy (non-hydrogen) atoms. The van der Waals surface area contributed by atoms with E-state index < -0.39 is 5.97 Å². The molecule has 3 aromatic rings. The highest BCUT2D eigenvalue weighted by molar-refractivity contribution is 5.96. The van der Waals surface area contributed by atoms with Crippen LogP contribution in [0.5, 0.6) is 17.2 Å². The molecule has 2 aromatic carbocycles. The van der Waals surface area contributed by atoms with Crippen molar-refractivity contribution in [1.82, 2.24) is 4.57 Å². The molecule has 7 heteroatoms. The summed E-state index contributed by atoms with van der Waals surface area (Å²) in [4.78, 5) is 12.2. The largest absolute Gasteiger partial charge is 0.497 e. The summed E-state index contributed by atoms with van der Waals surface area (Å²) in [6.07, 6.45) is 1.48. The highest BCUT2D eigenvalue weighted by Gasteiger charge is 2.23. The Kier molecular flexibility index (Phi) is 4.99. The minimum atomic E-state index is -0.645. The van der Waals surface area contributed by atoms with Crippen molar-refractivity contribution in [2.75, 3.05) is 20.0 Å². The van der Waals surface area contributed by atoms with E-state index >= 15 is 0 Å². The van der Waals surface area contributed by atoms with Crippen LogP contribution in [0, 0.1) is 11.3 Å². The number of carbonyl (C=O) groups excluding carboxylic acids is 1. The molecule has 0 radical (unpaired) electrons. The summed E-state index contributed by atoms with van der Waals surface area (Å²) >= 11 is 0. The summed E-state index contributed by atoms with van der Waals surface area (Å²) in [5, 5.41) is 9.27. The van der Waals surface area contributed by atoms with E-state index in [0.717, 1.165) is 0 Å². The van der Waals surface area contributed by atoms with Crippen LogP contribution in [0.2, 0.25) is 0 Å². The quantitative estimate of drug-likeness (QED) is 0.696. The third kappa shape index (κ3) is 3.41. The molecule has 2 N–H and O–H groups in total. The van der Waals surface area contributed by atoms with Gasteiger partial charge in [-0.1, -0.05) is 12.1 Å². The van der Waals surface area contributed by atoms with Gasteiger partial charge in [0.25, 0.3) is 0 Å². The average molecular weight is 363 g/mol. The summed E-state index contributed by atoms with van der Waals surface area (Å²) in [7, 11) is 2.84. The smallest absolute Gasteiger partial charge is 0.357 e. The summed E-state index contributed by atoms with van der Waals surface area (Å²) in [5.74, 6) is 1.13. The van der Waals surface area contributed by atoms with Gasteiger partial charge in [-0.2, -0.15) is 5.26 Å².